The topological polar surface area (TPSA) is 84.0 Å². The third kappa shape index (κ3) is 8.62. The molecule has 0 saturated carbocycles. The molecule has 23 heavy (non-hydrogen) atoms. The molecule has 0 heterocycles. The molecule has 7 nitrogen and oxygen atoms in total. The first-order valence-corrected chi connectivity index (χ1v) is 7.37. The second-order valence-corrected chi connectivity index (χ2v) is 6.07. The lowest BCUT2D eigenvalue weighted by atomic mass is 10.1. The van der Waals surface area contributed by atoms with E-state index in [1.54, 1.807) is 19.2 Å². The molecule has 0 bridgehead atoms. The Labute approximate surface area is 141 Å². The molecule has 126 valence electrons. The van der Waals surface area contributed by atoms with Crippen LogP contribution in [0.1, 0.15) is 26.3 Å². The zero-order valence-corrected chi connectivity index (χ0v) is 14.5. The summed E-state index contributed by atoms with van der Waals surface area (Å²) in [5.41, 5.74) is 5.64. The number of hydrogen-bond donors (Lipinski definition) is 3. The highest BCUT2D eigenvalue weighted by atomic mass is 32.1. The summed E-state index contributed by atoms with van der Waals surface area (Å²) in [6.07, 6.45) is 1.51. The number of methoxy groups -OCH3 is 1. The Kier molecular flexibility index (Phi) is 7.27. The highest BCUT2D eigenvalue weighted by molar-refractivity contribution is 7.80. The highest BCUT2D eigenvalue weighted by Gasteiger charge is 2.11. The summed E-state index contributed by atoms with van der Waals surface area (Å²) < 4.78 is 5.05. The van der Waals surface area contributed by atoms with Crippen molar-refractivity contribution in [3.63, 3.8) is 0 Å². The number of rotatable bonds is 5. The van der Waals surface area contributed by atoms with Crippen molar-refractivity contribution < 1.29 is 14.4 Å². The fourth-order valence-electron chi connectivity index (χ4n) is 1.42. The van der Waals surface area contributed by atoms with Gasteiger partial charge in [-0.1, -0.05) is 5.16 Å². The molecule has 1 rings (SSSR count). The second-order valence-electron chi connectivity index (χ2n) is 5.66. The fourth-order valence-corrected chi connectivity index (χ4v) is 1.78. The Morgan fingerprint density at radius 2 is 1.91 bits per heavy atom. The maximum Gasteiger partial charge on any atom is 0.279 e. The first-order chi connectivity index (χ1) is 10.8. The number of carbonyl (C=O) groups is 1. The van der Waals surface area contributed by atoms with E-state index in [0.717, 1.165) is 11.3 Å². The van der Waals surface area contributed by atoms with Gasteiger partial charge < -0.3 is 14.9 Å². The van der Waals surface area contributed by atoms with Crippen LogP contribution in [0.5, 0.6) is 5.75 Å². The van der Waals surface area contributed by atoms with Crippen LogP contribution in [-0.2, 0) is 9.63 Å². The summed E-state index contributed by atoms with van der Waals surface area (Å²) in [6, 6.07) is 7.26. The zero-order valence-electron chi connectivity index (χ0n) is 13.7. The summed E-state index contributed by atoms with van der Waals surface area (Å²) >= 11 is 5.02. The Morgan fingerprint density at radius 3 is 2.48 bits per heavy atom. The van der Waals surface area contributed by atoms with Crippen LogP contribution in [0.2, 0.25) is 0 Å². The smallest absolute Gasteiger partial charge is 0.279 e. The number of hydrogen-bond acceptors (Lipinski definition) is 5. The van der Waals surface area contributed by atoms with Crippen LogP contribution in [0, 0.1) is 0 Å². The highest BCUT2D eigenvalue weighted by Crippen LogP contribution is 2.09. The largest absolute Gasteiger partial charge is 0.497 e. The van der Waals surface area contributed by atoms with E-state index >= 15 is 0 Å². The van der Waals surface area contributed by atoms with E-state index in [9.17, 15) is 4.79 Å². The number of ether oxygens (including phenoxy) is 1. The van der Waals surface area contributed by atoms with Gasteiger partial charge >= 0.3 is 0 Å². The van der Waals surface area contributed by atoms with Crippen molar-refractivity contribution in [2.45, 2.75) is 26.3 Å². The van der Waals surface area contributed by atoms with Crippen molar-refractivity contribution in [3.8, 4) is 5.75 Å². The molecule has 3 N–H and O–H groups in total. The van der Waals surface area contributed by atoms with E-state index in [4.69, 9.17) is 21.8 Å². The second kappa shape index (κ2) is 8.94. The number of nitrogens with one attached hydrogen (secondary N) is 3. The molecule has 0 aliphatic heterocycles. The Balaban J connectivity index is 2.25. The molecule has 0 saturated heterocycles. The van der Waals surface area contributed by atoms with E-state index in [1.807, 2.05) is 32.9 Å². The summed E-state index contributed by atoms with van der Waals surface area (Å²) in [5, 5.41) is 7.04. The molecule has 0 fully saturated rings. The lowest BCUT2D eigenvalue weighted by Gasteiger charge is -2.22. The molecule has 0 aliphatic rings. The van der Waals surface area contributed by atoms with Gasteiger partial charge in [-0.25, -0.2) is 0 Å². The number of nitrogens with zero attached hydrogens (tertiary/aromatic N) is 1. The van der Waals surface area contributed by atoms with Crippen molar-refractivity contribution >= 4 is 29.5 Å². The van der Waals surface area contributed by atoms with Crippen LogP contribution in [-0.4, -0.2) is 36.5 Å². The number of hydrazine groups is 1. The van der Waals surface area contributed by atoms with Crippen molar-refractivity contribution in [1.29, 1.82) is 0 Å². The molecule has 1 amide bonds. The third-order valence-electron chi connectivity index (χ3n) is 2.39. The molecule has 8 heteroatoms. The molecular formula is C15H22N4O3S. The quantitative estimate of drug-likeness (QED) is 0.427. The molecule has 0 aromatic heterocycles. The summed E-state index contributed by atoms with van der Waals surface area (Å²) in [4.78, 5) is 16.4. The van der Waals surface area contributed by atoms with Crippen molar-refractivity contribution in [3.05, 3.63) is 29.8 Å². The number of oxime groups is 1. The monoisotopic (exact) mass is 338 g/mol. The maximum atomic E-state index is 11.5. The Bertz CT molecular complexity index is 553. The minimum Gasteiger partial charge on any atom is -0.497 e. The van der Waals surface area contributed by atoms with Crippen LogP contribution >= 0.6 is 12.2 Å². The number of carbonyl (C=O) groups excluding carboxylic acids is 1. The first-order valence-electron chi connectivity index (χ1n) is 6.96. The third-order valence-corrected chi connectivity index (χ3v) is 2.60. The standard InChI is InChI=1S/C15H22N4O3S/c1-15(2,3)17-14(23)19-18-13(20)10-22-16-9-11-5-7-12(21-4)8-6-11/h5-9H,10H2,1-4H3,(H,18,20)(H2,17,19,23)/b16-9-. The average Bonchev–Trinajstić information content (AvgIpc) is 2.48. The zero-order chi connectivity index (χ0) is 17.3. The van der Waals surface area contributed by atoms with Gasteiger partial charge in [-0.15, -0.1) is 0 Å². The van der Waals surface area contributed by atoms with Gasteiger partial charge in [0, 0.05) is 5.54 Å². The number of thiocarbonyl (C=S) groups is 1. The van der Waals surface area contributed by atoms with Crippen molar-refractivity contribution in [2.24, 2.45) is 5.16 Å². The van der Waals surface area contributed by atoms with Gasteiger partial charge in [-0.2, -0.15) is 0 Å². The maximum absolute atomic E-state index is 11.5. The predicted molar refractivity (Wildman–Crippen MR) is 93.3 cm³/mol. The normalized spacial score (nSPS) is 11.0. The van der Waals surface area contributed by atoms with E-state index in [-0.39, 0.29) is 12.1 Å². The van der Waals surface area contributed by atoms with Crippen molar-refractivity contribution in [2.75, 3.05) is 13.7 Å². The number of amides is 1. The summed E-state index contributed by atoms with van der Waals surface area (Å²) in [5.74, 6) is 0.364. The minimum absolute atomic E-state index is 0.187. The van der Waals surface area contributed by atoms with Gasteiger partial charge in [0.1, 0.15) is 5.75 Å². The molecule has 0 atom stereocenters. The Hall–Kier alpha value is -2.35. The molecule has 0 radical (unpaired) electrons. The van der Waals surface area contributed by atoms with E-state index in [1.165, 1.54) is 6.21 Å². The van der Waals surface area contributed by atoms with Crippen LogP contribution in [0.4, 0.5) is 0 Å². The van der Waals surface area contributed by atoms with Crippen LogP contribution in [0.25, 0.3) is 0 Å². The molecule has 1 aromatic rings. The molecule has 1 aromatic carbocycles. The fraction of sp³-hybridized carbons (Fsp3) is 0.400. The minimum atomic E-state index is -0.394. The first kappa shape index (κ1) is 18.7. The molecule has 0 unspecified atom stereocenters. The van der Waals surface area contributed by atoms with Crippen LogP contribution in [0.15, 0.2) is 29.4 Å². The van der Waals surface area contributed by atoms with E-state index in [0.29, 0.717) is 5.11 Å². The molecule has 0 spiro atoms. The van der Waals surface area contributed by atoms with Crippen LogP contribution < -0.4 is 20.9 Å². The van der Waals surface area contributed by atoms with Gasteiger partial charge in [0.25, 0.3) is 5.91 Å². The summed E-state index contributed by atoms with van der Waals surface area (Å²) in [6.45, 7) is 5.65. The van der Waals surface area contributed by atoms with E-state index < -0.39 is 5.91 Å². The molecule has 0 aliphatic carbocycles. The number of benzene rings is 1. The van der Waals surface area contributed by atoms with Gasteiger partial charge in [-0.05, 0) is 62.8 Å². The van der Waals surface area contributed by atoms with Gasteiger partial charge in [0.05, 0.1) is 13.3 Å². The van der Waals surface area contributed by atoms with Crippen molar-refractivity contribution in [1.82, 2.24) is 16.2 Å². The predicted octanol–water partition coefficient (Wildman–Crippen LogP) is 1.34. The lowest BCUT2D eigenvalue weighted by molar-refractivity contribution is -0.126. The van der Waals surface area contributed by atoms with E-state index in [2.05, 4.69) is 21.3 Å². The average molecular weight is 338 g/mol. The van der Waals surface area contributed by atoms with Gasteiger partial charge in [0.15, 0.2) is 11.7 Å². The Morgan fingerprint density at radius 1 is 1.26 bits per heavy atom. The van der Waals surface area contributed by atoms with Gasteiger partial charge in [-0.3, -0.25) is 15.6 Å². The molecular weight excluding hydrogens is 316 g/mol. The summed E-state index contributed by atoms with van der Waals surface area (Å²) in [7, 11) is 1.60. The SMILES string of the molecule is COc1ccc(/C=N\OCC(=O)NNC(=S)NC(C)(C)C)cc1. The van der Waals surface area contributed by atoms with Gasteiger partial charge in [0.2, 0.25) is 0 Å². The lowest BCUT2D eigenvalue weighted by Crippen LogP contribution is -2.52. The van der Waals surface area contributed by atoms with Crippen LogP contribution in [0.3, 0.4) is 0 Å².